The Morgan fingerprint density at radius 3 is 3.13 bits per heavy atom. The molecule has 1 atom stereocenters. The summed E-state index contributed by atoms with van der Waals surface area (Å²) in [6.45, 7) is 0.395. The van der Waals surface area contributed by atoms with Crippen LogP contribution in [0.15, 0.2) is 18.2 Å². The van der Waals surface area contributed by atoms with Gasteiger partial charge in [-0.25, -0.2) is 0 Å². The molecule has 5 heteroatoms. The molecule has 0 aliphatic carbocycles. The minimum atomic E-state index is -0.569. The Morgan fingerprint density at radius 2 is 2.33 bits per heavy atom. The second-order valence-corrected chi connectivity index (χ2v) is 3.41. The lowest BCUT2D eigenvalue weighted by Crippen LogP contribution is -2.38. The summed E-state index contributed by atoms with van der Waals surface area (Å²) in [4.78, 5) is 11.5. The van der Waals surface area contributed by atoms with Crippen LogP contribution in [0.4, 0.5) is 5.69 Å². The molecule has 0 aromatic heterocycles. The fourth-order valence-electron chi connectivity index (χ4n) is 1.39. The molecular formula is C10H12N2O3. The number of carbonyl (C=O) groups excluding carboxylic acids is 1. The summed E-state index contributed by atoms with van der Waals surface area (Å²) in [5, 5.41) is 11.9. The fraction of sp³-hybridized carbons (Fsp3) is 0.300. The topological polar surface area (TPSA) is 84.6 Å². The van der Waals surface area contributed by atoms with E-state index in [1.807, 2.05) is 0 Å². The number of anilines is 1. The first-order valence-corrected chi connectivity index (χ1v) is 4.69. The van der Waals surface area contributed by atoms with E-state index in [0.29, 0.717) is 24.5 Å². The van der Waals surface area contributed by atoms with Crippen LogP contribution in [0.2, 0.25) is 0 Å². The summed E-state index contributed by atoms with van der Waals surface area (Å²) in [5.74, 6) is 0.366. The van der Waals surface area contributed by atoms with E-state index < -0.39 is 6.04 Å². The maximum atomic E-state index is 11.5. The van der Waals surface area contributed by atoms with Crippen molar-refractivity contribution in [1.29, 1.82) is 0 Å². The summed E-state index contributed by atoms with van der Waals surface area (Å²) in [6.07, 6.45) is 0.478. The zero-order valence-corrected chi connectivity index (χ0v) is 8.06. The van der Waals surface area contributed by atoms with Crippen LogP contribution < -0.4 is 15.8 Å². The van der Waals surface area contributed by atoms with Crippen LogP contribution in [0.25, 0.3) is 0 Å². The van der Waals surface area contributed by atoms with E-state index >= 15 is 0 Å². The molecular weight excluding hydrogens is 196 g/mol. The molecule has 4 N–H and O–H groups in total. The highest BCUT2D eigenvalue weighted by atomic mass is 16.5. The van der Waals surface area contributed by atoms with Gasteiger partial charge < -0.3 is 20.9 Å². The van der Waals surface area contributed by atoms with Gasteiger partial charge in [-0.15, -0.1) is 0 Å². The van der Waals surface area contributed by atoms with Crippen LogP contribution in [-0.4, -0.2) is 23.7 Å². The minimum absolute atomic E-state index is 0.0757. The molecule has 0 radical (unpaired) electrons. The van der Waals surface area contributed by atoms with Gasteiger partial charge in [0.1, 0.15) is 11.5 Å². The zero-order chi connectivity index (χ0) is 10.8. The lowest BCUT2D eigenvalue weighted by Gasteiger charge is -2.19. The maximum absolute atomic E-state index is 11.5. The lowest BCUT2D eigenvalue weighted by molar-refractivity contribution is -0.117. The molecule has 1 aliphatic rings. The fourth-order valence-corrected chi connectivity index (χ4v) is 1.39. The van der Waals surface area contributed by atoms with Crippen LogP contribution in [0, 0.1) is 0 Å². The summed E-state index contributed by atoms with van der Waals surface area (Å²) in [6, 6.07) is 3.99. The van der Waals surface area contributed by atoms with Crippen molar-refractivity contribution < 1.29 is 14.6 Å². The number of nitrogens with one attached hydrogen (secondary N) is 1. The highest BCUT2D eigenvalue weighted by Gasteiger charge is 2.19. The molecule has 1 aliphatic heterocycles. The van der Waals surface area contributed by atoms with Gasteiger partial charge in [-0.2, -0.15) is 0 Å². The molecule has 2 rings (SSSR count). The first kappa shape index (κ1) is 9.79. The van der Waals surface area contributed by atoms with Crippen molar-refractivity contribution in [3.8, 4) is 11.5 Å². The van der Waals surface area contributed by atoms with Crippen molar-refractivity contribution in [1.82, 2.24) is 0 Å². The number of nitrogens with two attached hydrogens (primary N) is 1. The molecule has 1 amide bonds. The van der Waals surface area contributed by atoms with E-state index in [2.05, 4.69) is 5.32 Å². The summed E-state index contributed by atoms with van der Waals surface area (Å²) < 4.78 is 5.40. The Labute approximate surface area is 86.8 Å². The van der Waals surface area contributed by atoms with Crippen molar-refractivity contribution in [2.45, 2.75) is 12.5 Å². The molecule has 1 aromatic rings. The number of carbonyl (C=O) groups is 1. The van der Waals surface area contributed by atoms with E-state index in [1.54, 1.807) is 6.07 Å². The zero-order valence-electron chi connectivity index (χ0n) is 8.06. The van der Waals surface area contributed by atoms with Gasteiger partial charge in [-0.1, -0.05) is 0 Å². The average molecular weight is 208 g/mol. The van der Waals surface area contributed by atoms with E-state index in [4.69, 9.17) is 10.5 Å². The second-order valence-electron chi connectivity index (χ2n) is 3.41. The number of ether oxygens (including phenoxy) is 1. The number of phenols is 1. The van der Waals surface area contributed by atoms with Crippen LogP contribution >= 0.6 is 0 Å². The number of phenolic OH excluding ortho intramolecular Hbond substituents is 1. The van der Waals surface area contributed by atoms with Gasteiger partial charge >= 0.3 is 0 Å². The Balaban J connectivity index is 2.34. The SMILES string of the molecule is NC1CCOc2ccc(O)cc2NC1=O. The van der Waals surface area contributed by atoms with E-state index in [0.717, 1.165) is 0 Å². The van der Waals surface area contributed by atoms with Crippen LogP contribution in [-0.2, 0) is 4.79 Å². The molecule has 1 unspecified atom stereocenters. The smallest absolute Gasteiger partial charge is 0.241 e. The van der Waals surface area contributed by atoms with Gasteiger partial charge in [-0.3, -0.25) is 4.79 Å². The third-order valence-corrected chi connectivity index (χ3v) is 2.24. The molecule has 0 fully saturated rings. The number of fused-ring (bicyclic) bond motifs is 1. The number of amides is 1. The van der Waals surface area contributed by atoms with Gasteiger partial charge in [0.15, 0.2) is 0 Å². The quantitative estimate of drug-likeness (QED) is 0.577. The summed E-state index contributed by atoms with van der Waals surface area (Å²) in [5.41, 5.74) is 6.04. The molecule has 5 nitrogen and oxygen atoms in total. The largest absolute Gasteiger partial charge is 0.508 e. The predicted molar refractivity (Wildman–Crippen MR) is 54.8 cm³/mol. The lowest BCUT2D eigenvalue weighted by atomic mass is 10.2. The van der Waals surface area contributed by atoms with Crippen molar-refractivity contribution in [3.05, 3.63) is 18.2 Å². The molecule has 0 spiro atoms. The van der Waals surface area contributed by atoms with Crippen molar-refractivity contribution in [3.63, 3.8) is 0 Å². The minimum Gasteiger partial charge on any atom is -0.508 e. The molecule has 15 heavy (non-hydrogen) atoms. The molecule has 1 heterocycles. The third kappa shape index (κ3) is 2.02. The van der Waals surface area contributed by atoms with Gasteiger partial charge in [0.25, 0.3) is 0 Å². The Hall–Kier alpha value is -1.75. The van der Waals surface area contributed by atoms with Gasteiger partial charge in [-0.05, 0) is 12.1 Å². The van der Waals surface area contributed by atoms with E-state index in [9.17, 15) is 9.90 Å². The van der Waals surface area contributed by atoms with Gasteiger partial charge in [0, 0.05) is 12.5 Å². The van der Waals surface area contributed by atoms with Crippen LogP contribution in [0.1, 0.15) is 6.42 Å². The van der Waals surface area contributed by atoms with Crippen LogP contribution in [0.5, 0.6) is 11.5 Å². The first-order chi connectivity index (χ1) is 7.16. The summed E-state index contributed by atoms with van der Waals surface area (Å²) in [7, 11) is 0. The van der Waals surface area contributed by atoms with Crippen molar-refractivity contribution in [2.24, 2.45) is 5.73 Å². The molecule has 0 saturated carbocycles. The Kier molecular flexibility index (Phi) is 2.47. The van der Waals surface area contributed by atoms with Crippen molar-refractivity contribution in [2.75, 3.05) is 11.9 Å². The first-order valence-electron chi connectivity index (χ1n) is 4.69. The van der Waals surface area contributed by atoms with Crippen LogP contribution in [0.3, 0.4) is 0 Å². The second kappa shape index (κ2) is 3.78. The molecule has 80 valence electrons. The Bertz CT molecular complexity index is 392. The maximum Gasteiger partial charge on any atom is 0.241 e. The van der Waals surface area contributed by atoms with E-state index in [1.165, 1.54) is 12.1 Å². The number of rotatable bonds is 0. The average Bonchev–Trinajstić information content (AvgIpc) is 2.19. The normalized spacial score (nSPS) is 20.6. The standard InChI is InChI=1S/C10H12N2O3/c11-7-3-4-15-9-2-1-6(13)5-8(9)12-10(7)14/h1-2,5,7,13H,3-4,11H2,(H,12,14). The molecule has 0 saturated heterocycles. The highest BCUT2D eigenvalue weighted by molar-refractivity contribution is 5.96. The highest BCUT2D eigenvalue weighted by Crippen LogP contribution is 2.29. The molecule has 0 bridgehead atoms. The number of benzene rings is 1. The third-order valence-electron chi connectivity index (χ3n) is 2.24. The Morgan fingerprint density at radius 1 is 1.53 bits per heavy atom. The number of hydrogen-bond acceptors (Lipinski definition) is 4. The van der Waals surface area contributed by atoms with Gasteiger partial charge in [0.05, 0.1) is 18.3 Å². The monoisotopic (exact) mass is 208 g/mol. The van der Waals surface area contributed by atoms with E-state index in [-0.39, 0.29) is 11.7 Å². The van der Waals surface area contributed by atoms with Crippen molar-refractivity contribution >= 4 is 11.6 Å². The van der Waals surface area contributed by atoms with Gasteiger partial charge in [0.2, 0.25) is 5.91 Å². The summed E-state index contributed by atoms with van der Waals surface area (Å²) >= 11 is 0. The molecule has 1 aromatic carbocycles. The number of aromatic hydroxyl groups is 1. The number of hydrogen-bond donors (Lipinski definition) is 3. The predicted octanol–water partition coefficient (Wildman–Crippen LogP) is 0.440.